The monoisotopic (exact) mass is 743 g/mol. The fourth-order valence-corrected chi connectivity index (χ4v) is 7.70. The summed E-state index contributed by atoms with van der Waals surface area (Å²) in [4.78, 5) is 19.9. The molecule has 0 radical (unpaired) electrons. The second-order valence-corrected chi connectivity index (χ2v) is 14.2. The fourth-order valence-electron chi connectivity index (χ4n) is 6.70. The summed E-state index contributed by atoms with van der Waals surface area (Å²) >= 11 is 1.66. The lowest BCUT2D eigenvalue weighted by atomic mass is 9.75. The third-order valence-corrected chi connectivity index (χ3v) is 10.6. The summed E-state index contributed by atoms with van der Waals surface area (Å²) in [5.41, 5.74) is 12.4. The quantitative estimate of drug-likeness (QED) is 0.0872. The molecule has 3 heterocycles. The van der Waals surface area contributed by atoms with Gasteiger partial charge in [-0.1, -0.05) is 148 Å². The maximum absolute atomic E-state index is 5.11. The lowest BCUT2D eigenvalue weighted by Crippen LogP contribution is -2.24. The number of allylic oxidation sites excluding steroid dienone is 9. The van der Waals surface area contributed by atoms with Crippen LogP contribution in [-0.2, 0) is 0 Å². The van der Waals surface area contributed by atoms with Crippen LogP contribution in [0.15, 0.2) is 177 Å². The van der Waals surface area contributed by atoms with E-state index >= 15 is 0 Å². The van der Waals surface area contributed by atoms with E-state index in [1.807, 2.05) is 110 Å². The summed E-state index contributed by atoms with van der Waals surface area (Å²) in [6, 6.07) is 35.0. The van der Waals surface area contributed by atoms with E-state index in [-0.39, 0.29) is 0 Å². The summed E-state index contributed by atoms with van der Waals surface area (Å²) in [5.74, 6) is 1.89. The van der Waals surface area contributed by atoms with E-state index in [2.05, 4.69) is 92.7 Å². The Morgan fingerprint density at radius 1 is 0.732 bits per heavy atom. The van der Waals surface area contributed by atoms with Crippen LogP contribution in [0.25, 0.3) is 72.8 Å². The summed E-state index contributed by atoms with van der Waals surface area (Å²) in [6.45, 7) is 18.7. The van der Waals surface area contributed by atoms with E-state index in [9.17, 15) is 0 Å². The molecule has 0 aliphatic heterocycles. The van der Waals surface area contributed by atoms with Crippen LogP contribution in [0.1, 0.15) is 23.7 Å². The predicted octanol–water partition coefficient (Wildman–Crippen LogP) is 11.8. The Morgan fingerprint density at radius 2 is 1.39 bits per heavy atom. The Hall–Kier alpha value is -6.70. The second kappa shape index (κ2) is 17.2. The minimum Gasteiger partial charge on any atom is -0.323 e. The molecule has 5 nitrogen and oxygen atoms in total. The van der Waals surface area contributed by atoms with Crippen molar-refractivity contribution in [3.05, 3.63) is 193 Å². The summed E-state index contributed by atoms with van der Waals surface area (Å²) in [5, 5.41) is 0.938. The maximum atomic E-state index is 5.11. The Kier molecular flexibility index (Phi) is 11.5. The van der Waals surface area contributed by atoms with Gasteiger partial charge < -0.3 is 4.57 Å². The molecule has 0 spiro atoms. The summed E-state index contributed by atoms with van der Waals surface area (Å²) < 4.78 is 3.41. The van der Waals surface area contributed by atoms with Gasteiger partial charge >= 0.3 is 0 Å². The molecule has 0 aliphatic carbocycles. The average Bonchev–Trinajstić information content (AvgIpc) is 3.80. The normalized spacial score (nSPS) is 11.9. The molecule has 0 fully saturated rings. The molecule has 7 rings (SSSR count). The number of hydrogen-bond acceptors (Lipinski definition) is 5. The standard InChI is InChI=1S/C49H42BN5S/c1-7-10-19-35(9-3)33(4)27-30-43-34(5)41(26-11-8-2)45(50-6)55(43)40-25-18-24-39(31-40)49-51-42-29-28-38(32-44(42)56-49)48-53-46(36-20-14-12-15-21-36)52-47(54-48)37-22-16-13-17-23-37/h7-32,50H,2-4H2,1,5-6H3/b10-7-,26-11-,30-27-,35-19+. The first-order valence-corrected chi connectivity index (χ1v) is 19.5. The fraction of sp³-hybridized carbons (Fsp3) is 0.0612. The molecule has 0 amide bonds. The first kappa shape index (κ1) is 37.6. The molecule has 7 heteroatoms. The number of hydrogen-bond donors (Lipinski definition) is 0. The number of rotatable bonds is 13. The van der Waals surface area contributed by atoms with Crippen molar-refractivity contribution in [2.75, 3.05) is 0 Å². The highest BCUT2D eigenvalue weighted by Crippen LogP contribution is 2.35. The number of fused-ring (bicyclic) bond motifs is 1. The Bertz CT molecular complexity index is 2640. The molecule has 4 aromatic carbocycles. The number of nitrogens with zero attached hydrogens (tertiary/aromatic N) is 5. The SMILES string of the molecule is C=C/C=C\c1c(C)c(/C=C\C(=C)/C(C=C)=C/C=C\C)n(-c2cccc(-c3nc4ccc(-c5nc(-c6ccccc6)nc(-c6ccccc6)n5)cc4s3)c2)c1BC. The zero-order valence-corrected chi connectivity index (χ0v) is 32.8. The van der Waals surface area contributed by atoms with E-state index in [1.165, 1.54) is 16.7 Å². The van der Waals surface area contributed by atoms with E-state index in [0.717, 1.165) is 67.3 Å². The lowest BCUT2D eigenvalue weighted by molar-refractivity contribution is 1.07. The van der Waals surface area contributed by atoms with Crippen molar-refractivity contribution in [2.45, 2.75) is 20.7 Å². The van der Waals surface area contributed by atoms with Gasteiger partial charge in [0.25, 0.3) is 0 Å². The minimum atomic E-state index is 0.619. The molecule has 0 unspecified atom stereocenters. The minimum absolute atomic E-state index is 0.619. The van der Waals surface area contributed by atoms with Gasteiger partial charge in [-0.05, 0) is 78.1 Å². The van der Waals surface area contributed by atoms with Gasteiger partial charge in [-0.15, -0.1) is 11.3 Å². The molecule has 0 saturated heterocycles. The first-order valence-electron chi connectivity index (χ1n) is 18.7. The van der Waals surface area contributed by atoms with Crippen LogP contribution >= 0.6 is 11.3 Å². The highest BCUT2D eigenvalue weighted by molar-refractivity contribution is 7.21. The number of benzene rings is 4. The number of aromatic nitrogens is 5. The summed E-state index contributed by atoms with van der Waals surface area (Å²) in [7, 11) is 0.842. The van der Waals surface area contributed by atoms with E-state index in [0.29, 0.717) is 17.5 Å². The van der Waals surface area contributed by atoms with Crippen molar-refractivity contribution in [3.63, 3.8) is 0 Å². The largest absolute Gasteiger partial charge is 0.323 e. The van der Waals surface area contributed by atoms with Gasteiger partial charge in [0, 0.05) is 33.6 Å². The van der Waals surface area contributed by atoms with Crippen molar-refractivity contribution in [1.29, 1.82) is 0 Å². The molecule has 0 atom stereocenters. The van der Waals surface area contributed by atoms with Gasteiger partial charge in [0.1, 0.15) is 5.01 Å². The van der Waals surface area contributed by atoms with Gasteiger partial charge in [-0.2, -0.15) is 0 Å². The smallest absolute Gasteiger partial charge is 0.177 e. The van der Waals surface area contributed by atoms with Crippen LogP contribution in [-0.4, -0.2) is 31.8 Å². The van der Waals surface area contributed by atoms with Crippen molar-refractivity contribution in [2.24, 2.45) is 0 Å². The highest BCUT2D eigenvalue weighted by Gasteiger charge is 2.19. The van der Waals surface area contributed by atoms with Gasteiger partial charge in [0.2, 0.25) is 0 Å². The third kappa shape index (κ3) is 7.90. The van der Waals surface area contributed by atoms with E-state index in [4.69, 9.17) is 19.9 Å². The lowest BCUT2D eigenvalue weighted by Gasteiger charge is -2.13. The molecular weight excluding hydrogens is 701 g/mol. The molecule has 0 saturated carbocycles. The Morgan fingerprint density at radius 3 is 2.02 bits per heavy atom. The van der Waals surface area contributed by atoms with Crippen LogP contribution in [0.2, 0.25) is 6.82 Å². The zero-order valence-electron chi connectivity index (χ0n) is 32.0. The second-order valence-electron chi connectivity index (χ2n) is 13.2. The molecule has 3 aromatic heterocycles. The zero-order chi connectivity index (χ0) is 39.0. The molecule has 0 bridgehead atoms. The molecule has 0 N–H and O–H groups in total. The molecule has 272 valence electrons. The van der Waals surface area contributed by atoms with Crippen molar-refractivity contribution < 1.29 is 0 Å². The van der Waals surface area contributed by atoms with Crippen LogP contribution in [0.3, 0.4) is 0 Å². The van der Waals surface area contributed by atoms with Gasteiger partial charge in [-0.25, -0.2) is 19.9 Å². The molecular formula is C49H42BN5S. The van der Waals surface area contributed by atoms with E-state index < -0.39 is 0 Å². The van der Waals surface area contributed by atoms with Crippen molar-refractivity contribution in [3.8, 4) is 50.4 Å². The summed E-state index contributed by atoms with van der Waals surface area (Å²) in [6.07, 6.45) is 18.1. The predicted molar refractivity (Wildman–Crippen MR) is 242 cm³/mol. The van der Waals surface area contributed by atoms with Gasteiger partial charge in [0.15, 0.2) is 24.8 Å². The van der Waals surface area contributed by atoms with Gasteiger partial charge in [0.05, 0.1) is 10.2 Å². The maximum Gasteiger partial charge on any atom is 0.177 e. The van der Waals surface area contributed by atoms with Crippen LogP contribution in [0.5, 0.6) is 0 Å². The van der Waals surface area contributed by atoms with Crippen LogP contribution in [0, 0.1) is 6.92 Å². The highest BCUT2D eigenvalue weighted by atomic mass is 32.1. The molecule has 7 aromatic rings. The Balaban J connectivity index is 1.29. The van der Waals surface area contributed by atoms with Gasteiger partial charge in [-0.3, -0.25) is 0 Å². The molecule has 0 aliphatic rings. The van der Waals surface area contributed by atoms with Crippen LogP contribution in [0.4, 0.5) is 0 Å². The Labute approximate surface area is 334 Å². The topological polar surface area (TPSA) is 56.5 Å². The van der Waals surface area contributed by atoms with E-state index in [1.54, 1.807) is 11.3 Å². The average molecular weight is 744 g/mol. The molecule has 56 heavy (non-hydrogen) atoms. The van der Waals surface area contributed by atoms with Crippen molar-refractivity contribution >= 4 is 46.6 Å². The number of thiazole rings is 1. The van der Waals surface area contributed by atoms with Crippen LogP contribution < -0.4 is 5.59 Å². The van der Waals surface area contributed by atoms with Crippen molar-refractivity contribution in [1.82, 2.24) is 24.5 Å². The third-order valence-electron chi connectivity index (χ3n) is 9.54. The first-order chi connectivity index (χ1) is 27.4.